The van der Waals surface area contributed by atoms with Crippen LogP contribution in [0.2, 0.25) is 0 Å². The third kappa shape index (κ3) is 6.05. The molecule has 0 atom stereocenters. The van der Waals surface area contributed by atoms with Crippen molar-refractivity contribution in [3.05, 3.63) is 96.8 Å². The first kappa shape index (κ1) is 22.3. The van der Waals surface area contributed by atoms with E-state index in [4.69, 9.17) is 4.74 Å². The van der Waals surface area contributed by atoms with Crippen LogP contribution < -0.4 is 10.1 Å². The third-order valence-corrected chi connectivity index (χ3v) is 5.73. The molecule has 3 aromatic carbocycles. The molecule has 0 spiro atoms. The number of hydrogen-bond acceptors (Lipinski definition) is 3. The van der Waals surface area contributed by atoms with Gasteiger partial charge in [0.1, 0.15) is 24.0 Å². The lowest BCUT2D eigenvalue weighted by Gasteiger charge is -2.12. The molecular weight excluding hydrogens is 576 g/mol. The van der Waals surface area contributed by atoms with Crippen LogP contribution in [-0.2, 0) is 11.4 Å². The number of benzene rings is 3. The van der Waals surface area contributed by atoms with Crippen molar-refractivity contribution in [3.63, 3.8) is 0 Å². The molecule has 0 heterocycles. The summed E-state index contributed by atoms with van der Waals surface area (Å²) in [6.45, 7) is 0.405. The van der Waals surface area contributed by atoms with Gasteiger partial charge in [-0.05, 0) is 85.5 Å². The van der Waals surface area contributed by atoms with Gasteiger partial charge in [-0.1, -0.05) is 46.3 Å². The van der Waals surface area contributed by atoms with Gasteiger partial charge in [0.15, 0.2) is 0 Å². The summed E-state index contributed by atoms with van der Waals surface area (Å²) in [7, 11) is 0. The molecule has 0 unspecified atom stereocenters. The fraction of sp³-hybridized carbons (Fsp3) is 0.0435. The zero-order chi connectivity index (χ0) is 21.5. The molecule has 0 aromatic heterocycles. The Bertz CT molecular complexity index is 1100. The van der Waals surface area contributed by atoms with E-state index >= 15 is 0 Å². The largest absolute Gasteiger partial charge is 0.487 e. The van der Waals surface area contributed by atoms with E-state index in [9.17, 15) is 10.1 Å². The molecule has 0 radical (unpaired) electrons. The highest BCUT2D eigenvalue weighted by molar-refractivity contribution is 9.11. The zero-order valence-electron chi connectivity index (χ0n) is 15.5. The molecule has 3 rings (SSSR count). The summed E-state index contributed by atoms with van der Waals surface area (Å²) in [5, 5.41) is 12.1. The van der Waals surface area contributed by atoms with Crippen molar-refractivity contribution in [3.8, 4) is 11.8 Å². The van der Waals surface area contributed by atoms with Crippen LogP contribution in [0, 0.1) is 11.3 Å². The van der Waals surface area contributed by atoms with Gasteiger partial charge in [-0.2, -0.15) is 5.26 Å². The van der Waals surface area contributed by atoms with Crippen LogP contribution >= 0.6 is 47.8 Å². The molecule has 3 aromatic rings. The fourth-order valence-corrected chi connectivity index (χ4v) is 4.29. The van der Waals surface area contributed by atoms with Crippen LogP contribution in [0.15, 0.2) is 85.7 Å². The summed E-state index contributed by atoms with van der Waals surface area (Å²) in [6.07, 6.45) is 1.53. The first-order valence-corrected chi connectivity index (χ1v) is 11.2. The normalized spacial score (nSPS) is 10.9. The molecule has 0 bridgehead atoms. The predicted molar refractivity (Wildman–Crippen MR) is 129 cm³/mol. The second-order valence-corrected chi connectivity index (χ2v) is 8.84. The highest BCUT2D eigenvalue weighted by atomic mass is 79.9. The van der Waals surface area contributed by atoms with Crippen LogP contribution in [0.1, 0.15) is 11.1 Å². The number of nitrogens with one attached hydrogen (secondary N) is 1. The van der Waals surface area contributed by atoms with Crippen LogP contribution in [0.4, 0.5) is 5.69 Å². The summed E-state index contributed by atoms with van der Waals surface area (Å²) < 4.78 is 8.36. The third-order valence-electron chi connectivity index (χ3n) is 4.02. The second-order valence-electron chi connectivity index (χ2n) is 6.22. The fourth-order valence-electron chi connectivity index (χ4n) is 2.57. The molecule has 1 amide bonds. The summed E-state index contributed by atoms with van der Waals surface area (Å²) in [6, 6.07) is 22.4. The molecule has 0 saturated carbocycles. The number of ether oxygens (including phenoxy) is 1. The molecule has 0 aliphatic carbocycles. The molecule has 30 heavy (non-hydrogen) atoms. The van der Waals surface area contributed by atoms with Crippen LogP contribution in [-0.4, -0.2) is 5.91 Å². The van der Waals surface area contributed by atoms with Crippen LogP contribution in [0.25, 0.3) is 6.08 Å². The second kappa shape index (κ2) is 10.6. The van der Waals surface area contributed by atoms with Crippen LogP contribution in [0.3, 0.4) is 0 Å². The van der Waals surface area contributed by atoms with Gasteiger partial charge in [0.05, 0.1) is 8.95 Å². The average Bonchev–Trinajstić information content (AvgIpc) is 2.73. The number of para-hydroxylation sites is 1. The molecule has 7 heteroatoms. The minimum atomic E-state index is -0.466. The number of carbonyl (C=O) groups excluding carboxylic acids is 1. The van der Waals surface area contributed by atoms with E-state index < -0.39 is 5.91 Å². The van der Waals surface area contributed by atoms with E-state index in [0.29, 0.717) is 32.6 Å². The van der Waals surface area contributed by atoms with Gasteiger partial charge in [-0.25, -0.2) is 0 Å². The molecule has 0 aliphatic heterocycles. The predicted octanol–water partition coefficient (Wildman–Crippen LogP) is 7.10. The Kier molecular flexibility index (Phi) is 7.86. The van der Waals surface area contributed by atoms with Gasteiger partial charge in [0, 0.05) is 10.2 Å². The first-order chi connectivity index (χ1) is 14.5. The van der Waals surface area contributed by atoms with Crippen molar-refractivity contribution in [2.75, 3.05) is 5.32 Å². The summed E-state index contributed by atoms with van der Waals surface area (Å²) >= 11 is 10.4. The maximum absolute atomic E-state index is 12.4. The zero-order valence-corrected chi connectivity index (χ0v) is 20.3. The number of halogens is 3. The summed E-state index contributed by atoms with van der Waals surface area (Å²) in [5.74, 6) is 0.175. The van der Waals surface area contributed by atoms with Crippen LogP contribution in [0.5, 0.6) is 5.75 Å². The smallest absolute Gasteiger partial charge is 0.266 e. The number of rotatable bonds is 6. The number of amides is 1. The topological polar surface area (TPSA) is 62.1 Å². The Hall–Kier alpha value is -2.40. The van der Waals surface area contributed by atoms with E-state index in [1.165, 1.54) is 6.08 Å². The maximum Gasteiger partial charge on any atom is 0.266 e. The lowest BCUT2D eigenvalue weighted by atomic mass is 10.1. The van der Waals surface area contributed by atoms with Gasteiger partial charge >= 0.3 is 0 Å². The number of nitriles is 1. The van der Waals surface area contributed by atoms with Gasteiger partial charge in [-0.3, -0.25) is 4.79 Å². The molecule has 4 nitrogen and oxygen atoms in total. The first-order valence-electron chi connectivity index (χ1n) is 8.81. The Labute approximate surface area is 200 Å². The standard InChI is InChI=1S/C23H15Br3N2O2/c24-18-8-6-15(7-9-18)14-30-22-20(25)11-16(12-21(22)26)10-17(13-27)23(29)28-19-4-2-1-3-5-19/h1-12H,14H2,(H,28,29). The van der Waals surface area contributed by atoms with Crippen molar-refractivity contribution in [1.29, 1.82) is 5.26 Å². The van der Waals surface area contributed by atoms with E-state index in [1.807, 2.05) is 48.5 Å². The maximum atomic E-state index is 12.4. The molecule has 0 fully saturated rings. The number of hydrogen-bond donors (Lipinski definition) is 1. The SMILES string of the molecule is N#CC(=Cc1cc(Br)c(OCc2ccc(Br)cc2)c(Br)c1)C(=O)Nc1ccccc1. The van der Waals surface area contributed by atoms with Gasteiger partial charge in [0.2, 0.25) is 0 Å². The number of carbonyl (C=O) groups is 1. The van der Waals surface area contributed by atoms with Crippen molar-refractivity contribution in [2.24, 2.45) is 0 Å². The van der Waals surface area contributed by atoms with E-state index in [1.54, 1.807) is 24.3 Å². The van der Waals surface area contributed by atoms with E-state index in [2.05, 4.69) is 53.1 Å². The quantitative estimate of drug-likeness (QED) is 0.246. The van der Waals surface area contributed by atoms with Gasteiger partial charge in [0.25, 0.3) is 5.91 Å². The Morgan fingerprint density at radius 2 is 1.63 bits per heavy atom. The molecule has 0 saturated heterocycles. The van der Waals surface area contributed by atoms with Crippen molar-refractivity contribution in [2.45, 2.75) is 6.61 Å². The summed E-state index contributed by atoms with van der Waals surface area (Å²) in [4.78, 5) is 12.4. The minimum absolute atomic E-state index is 0.00110. The monoisotopic (exact) mass is 588 g/mol. The Morgan fingerprint density at radius 1 is 1.00 bits per heavy atom. The molecule has 1 N–H and O–H groups in total. The van der Waals surface area contributed by atoms with Gasteiger partial charge in [-0.15, -0.1) is 0 Å². The van der Waals surface area contributed by atoms with Crippen molar-refractivity contribution < 1.29 is 9.53 Å². The average molecular weight is 591 g/mol. The molecule has 150 valence electrons. The Morgan fingerprint density at radius 3 is 2.23 bits per heavy atom. The molecular formula is C23H15Br3N2O2. The number of anilines is 1. The number of nitrogens with zero attached hydrogens (tertiary/aromatic N) is 1. The molecule has 0 aliphatic rings. The van der Waals surface area contributed by atoms with E-state index in [-0.39, 0.29) is 5.57 Å². The highest BCUT2D eigenvalue weighted by Gasteiger charge is 2.13. The van der Waals surface area contributed by atoms with Crippen molar-refractivity contribution >= 4 is 65.5 Å². The van der Waals surface area contributed by atoms with Crippen molar-refractivity contribution in [1.82, 2.24) is 0 Å². The lowest BCUT2D eigenvalue weighted by molar-refractivity contribution is -0.112. The minimum Gasteiger partial charge on any atom is -0.487 e. The highest BCUT2D eigenvalue weighted by Crippen LogP contribution is 2.36. The lowest BCUT2D eigenvalue weighted by Crippen LogP contribution is -2.13. The van der Waals surface area contributed by atoms with Gasteiger partial charge < -0.3 is 10.1 Å². The van der Waals surface area contributed by atoms with E-state index in [0.717, 1.165) is 10.0 Å². The summed E-state index contributed by atoms with van der Waals surface area (Å²) in [5.41, 5.74) is 2.35. The Balaban J connectivity index is 1.76.